The lowest BCUT2D eigenvalue weighted by molar-refractivity contribution is 0.112. The topological polar surface area (TPSA) is 39.2 Å². The van der Waals surface area contributed by atoms with Gasteiger partial charge in [-0.3, -0.25) is 9.78 Å². The van der Waals surface area contributed by atoms with Crippen molar-refractivity contribution in [3.63, 3.8) is 0 Å². The summed E-state index contributed by atoms with van der Waals surface area (Å²) in [4.78, 5) is 15.5. The Kier molecular flexibility index (Phi) is 4.48. The first kappa shape index (κ1) is 15.0. The molecule has 3 heteroatoms. The van der Waals surface area contributed by atoms with Crippen molar-refractivity contribution >= 4 is 6.29 Å². The highest BCUT2D eigenvalue weighted by molar-refractivity contribution is 5.88. The van der Waals surface area contributed by atoms with E-state index in [1.54, 1.807) is 12.3 Å². The Morgan fingerprint density at radius 1 is 1.04 bits per heavy atom. The number of hydrogen-bond donors (Lipinski definition) is 0. The highest BCUT2D eigenvalue weighted by Gasteiger charge is 2.07. The van der Waals surface area contributed by atoms with E-state index in [1.807, 2.05) is 61.5 Å². The van der Waals surface area contributed by atoms with Gasteiger partial charge in [-0.15, -0.1) is 0 Å². The van der Waals surface area contributed by atoms with Crippen molar-refractivity contribution in [2.24, 2.45) is 0 Å². The van der Waals surface area contributed by atoms with Crippen LogP contribution in [0.4, 0.5) is 0 Å². The summed E-state index contributed by atoms with van der Waals surface area (Å²) in [5.74, 6) is 0.740. The zero-order chi connectivity index (χ0) is 16.1. The average molecular weight is 303 g/mol. The SMILES string of the molecule is Cc1cc(-c2cc(OCc3ccccc3)ccc2C=O)ccn1. The molecule has 3 aromatic rings. The van der Waals surface area contributed by atoms with Crippen LogP contribution in [0.15, 0.2) is 66.9 Å². The quantitative estimate of drug-likeness (QED) is 0.654. The standard InChI is InChI=1S/C20H17NO2/c1-15-11-17(9-10-21-15)20-12-19(8-7-18(20)13-22)23-14-16-5-3-2-4-6-16/h2-13H,14H2,1H3. The monoisotopic (exact) mass is 303 g/mol. The number of aryl methyl sites for hydroxylation is 1. The third-order valence-corrected chi connectivity index (χ3v) is 3.61. The van der Waals surface area contributed by atoms with E-state index in [0.29, 0.717) is 12.2 Å². The maximum absolute atomic E-state index is 11.3. The number of aromatic nitrogens is 1. The molecule has 0 fully saturated rings. The molecule has 1 heterocycles. The Balaban J connectivity index is 1.88. The summed E-state index contributed by atoms with van der Waals surface area (Å²) < 4.78 is 5.85. The molecule has 0 spiro atoms. The molecular weight excluding hydrogens is 286 g/mol. The fraction of sp³-hybridized carbons (Fsp3) is 0.100. The number of nitrogens with zero attached hydrogens (tertiary/aromatic N) is 1. The third kappa shape index (κ3) is 3.64. The molecule has 3 nitrogen and oxygen atoms in total. The van der Waals surface area contributed by atoms with Crippen molar-refractivity contribution in [2.45, 2.75) is 13.5 Å². The molecule has 0 radical (unpaired) electrons. The van der Waals surface area contributed by atoms with Crippen molar-refractivity contribution in [3.05, 3.63) is 83.7 Å². The van der Waals surface area contributed by atoms with E-state index in [4.69, 9.17) is 4.74 Å². The number of rotatable bonds is 5. The first-order chi connectivity index (χ1) is 11.3. The Labute approximate surface area is 135 Å². The van der Waals surface area contributed by atoms with Gasteiger partial charge in [0, 0.05) is 17.5 Å². The zero-order valence-electron chi connectivity index (χ0n) is 12.9. The molecule has 0 saturated carbocycles. The van der Waals surface area contributed by atoms with Gasteiger partial charge in [-0.1, -0.05) is 30.3 Å². The molecule has 114 valence electrons. The summed E-state index contributed by atoms with van der Waals surface area (Å²) in [7, 11) is 0. The van der Waals surface area contributed by atoms with Crippen molar-refractivity contribution in [2.75, 3.05) is 0 Å². The highest BCUT2D eigenvalue weighted by atomic mass is 16.5. The van der Waals surface area contributed by atoms with E-state index < -0.39 is 0 Å². The summed E-state index contributed by atoms with van der Waals surface area (Å²) in [5, 5.41) is 0. The molecule has 0 N–H and O–H groups in total. The number of carbonyl (C=O) groups is 1. The van der Waals surface area contributed by atoms with Crippen LogP contribution in [0.25, 0.3) is 11.1 Å². The number of aldehydes is 1. The van der Waals surface area contributed by atoms with Crippen molar-refractivity contribution in [1.82, 2.24) is 4.98 Å². The van der Waals surface area contributed by atoms with Crippen LogP contribution < -0.4 is 4.74 Å². The van der Waals surface area contributed by atoms with Crippen molar-refractivity contribution in [3.8, 4) is 16.9 Å². The molecule has 0 aliphatic heterocycles. The minimum Gasteiger partial charge on any atom is -0.489 e. The van der Waals surface area contributed by atoms with Crippen LogP contribution in [0.1, 0.15) is 21.6 Å². The molecule has 0 amide bonds. The maximum Gasteiger partial charge on any atom is 0.150 e. The smallest absolute Gasteiger partial charge is 0.150 e. The Morgan fingerprint density at radius 3 is 2.61 bits per heavy atom. The predicted molar refractivity (Wildman–Crippen MR) is 90.6 cm³/mol. The summed E-state index contributed by atoms with van der Waals surface area (Å²) in [6, 6.07) is 19.4. The van der Waals surface area contributed by atoms with Gasteiger partial charge in [0.25, 0.3) is 0 Å². The molecule has 0 saturated heterocycles. The summed E-state index contributed by atoms with van der Waals surface area (Å²) >= 11 is 0. The Bertz CT molecular complexity index is 813. The van der Waals surface area contributed by atoms with Gasteiger partial charge in [0.1, 0.15) is 12.4 Å². The van der Waals surface area contributed by atoms with Gasteiger partial charge in [0.15, 0.2) is 6.29 Å². The lowest BCUT2D eigenvalue weighted by Crippen LogP contribution is -1.97. The first-order valence-corrected chi connectivity index (χ1v) is 7.45. The van der Waals surface area contributed by atoms with E-state index in [1.165, 1.54) is 0 Å². The summed E-state index contributed by atoms with van der Waals surface area (Å²) in [5.41, 5.74) is 4.48. The van der Waals surface area contributed by atoms with Gasteiger partial charge in [-0.25, -0.2) is 0 Å². The Hall–Kier alpha value is -2.94. The highest BCUT2D eigenvalue weighted by Crippen LogP contribution is 2.28. The number of carbonyl (C=O) groups excluding carboxylic acids is 1. The molecule has 0 aliphatic carbocycles. The van der Waals surface area contributed by atoms with Gasteiger partial charge in [-0.2, -0.15) is 0 Å². The first-order valence-electron chi connectivity index (χ1n) is 7.45. The summed E-state index contributed by atoms with van der Waals surface area (Å²) in [6.45, 7) is 2.43. The van der Waals surface area contributed by atoms with Gasteiger partial charge >= 0.3 is 0 Å². The van der Waals surface area contributed by atoms with E-state index in [9.17, 15) is 4.79 Å². The molecule has 1 aromatic heterocycles. The van der Waals surface area contributed by atoms with Crippen LogP contribution in [0, 0.1) is 6.92 Å². The molecule has 3 rings (SSSR count). The predicted octanol–water partition coefficient (Wildman–Crippen LogP) is 4.45. The minimum absolute atomic E-state index is 0.496. The molecule has 0 unspecified atom stereocenters. The number of hydrogen-bond acceptors (Lipinski definition) is 3. The fourth-order valence-corrected chi connectivity index (χ4v) is 2.43. The van der Waals surface area contributed by atoms with E-state index >= 15 is 0 Å². The summed E-state index contributed by atoms with van der Waals surface area (Å²) in [6.07, 6.45) is 2.61. The largest absolute Gasteiger partial charge is 0.489 e. The zero-order valence-corrected chi connectivity index (χ0v) is 12.9. The molecule has 0 bridgehead atoms. The number of pyridine rings is 1. The van der Waals surface area contributed by atoms with Crippen LogP contribution >= 0.6 is 0 Å². The van der Waals surface area contributed by atoms with Gasteiger partial charge in [0.05, 0.1) is 0 Å². The lowest BCUT2D eigenvalue weighted by Gasteiger charge is -2.11. The van der Waals surface area contributed by atoms with Crippen molar-refractivity contribution in [1.29, 1.82) is 0 Å². The lowest BCUT2D eigenvalue weighted by atomic mass is 10.0. The van der Waals surface area contributed by atoms with Crippen molar-refractivity contribution < 1.29 is 9.53 Å². The molecule has 0 atom stereocenters. The minimum atomic E-state index is 0.496. The number of ether oxygens (including phenoxy) is 1. The van der Waals surface area contributed by atoms with E-state index in [2.05, 4.69) is 4.98 Å². The van der Waals surface area contributed by atoms with Gasteiger partial charge in [-0.05, 0) is 53.9 Å². The van der Waals surface area contributed by atoms with E-state index in [-0.39, 0.29) is 0 Å². The van der Waals surface area contributed by atoms with Crippen LogP contribution in [0.3, 0.4) is 0 Å². The van der Waals surface area contributed by atoms with E-state index in [0.717, 1.165) is 34.4 Å². The fourth-order valence-electron chi connectivity index (χ4n) is 2.43. The third-order valence-electron chi connectivity index (χ3n) is 3.61. The molecular formula is C20H17NO2. The molecule has 23 heavy (non-hydrogen) atoms. The second-order valence-corrected chi connectivity index (χ2v) is 5.33. The van der Waals surface area contributed by atoms with Gasteiger partial charge in [0.2, 0.25) is 0 Å². The van der Waals surface area contributed by atoms with Crippen LogP contribution in [0.2, 0.25) is 0 Å². The normalized spacial score (nSPS) is 10.3. The maximum atomic E-state index is 11.3. The average Bonchev–Trinajstić information content (AvgIpc) is 2.60. The van der Waals surface area contributed by atoms with Crippen LogP contribution in [0.5, 0.6) is 5.75 Å². The van der Waals surface area contributed by atoms with Crippen LogP contribution in [-0.4, -0.2) is 11.3 Å². The second-order valence-electron chi connectivity index (χ2n) is 5.33. The van der Waals surface area contributed by atoms with Gasteiger partial charge < -0.3 is 4.74 Å². The van der Waals surface area contributed by atoms with Crippen LogP contribution in [-0.2, 0) is 6.61 Å². The second kappa shape index (κ2) is 6.88. The number of benzene rings is 2. The Morgan fingerprint density at radius 2 is 1.87 bits per heavy atom. The molecule has 0 aliphatic rings. The molecule has 2 aromatic carbocycles.